The van der Waals surface area contributed by atoms with Crippen molar-refractivity contribution in [3.05, 3.63) is 22.2 Å². The van der Waals surface area contributed by atoms with Gasteiger partial charge < -0.3 is 10.8 Å². The maximum atomic E-state index is 11.8. The van der Waals surface area contributed by atoms with E-state index >= 15 is 0 Å². The van der Waals surface area contributed by atoms with Gasteiger partial charge in [-0.05, 0) is 25.9 Å². The molecule has 1 aliphatic heterocycles. The number of piperidine rings is 1. The molecule has 9 nitrogen and oxygen atoms in total. The number of aromatic amines is 1. The lowest BCUT2D eigenvalue weighted by Gasteiger charge is -2.29. The summed E-state index contributed by atoms with van der Waals surface area (Å²) >= 11 is 0. The molecule has 4 N–H and O–H groups in total. The predicted octanol–water partition coefficient (Wildman–Crippen LogP) is -0.408. The van der Waals surface area contributed by atoms with Gasteiger partial charge in [0, 0.05) is 6.54 Å². The van der Waals surface area contributed by atoms with Crippen molar-refractivity contribution in [3.8, 4) is 0 Å². The second kappa shape index (κ2) is 5.68. The number of carboxylic acids is 1. The van der Waals surface area contributed by atoms with E-state index < -0.39 is 11.5 Å². The molecule has 2 aromatic rings. The summed E-state index contributed by atoms with van der Waals surface area (Å²) in [5.41, 5.74) is 6.07. The Kier molecular flexibility index (Phi) is 3.72. The summed E-state index contributed by atoms with van der Waals surface area (Å²) in [4.78, 5) is 39.6. The quantitative estimate of drug-likeness (QED) is 0.695. The van der Waals surface area contributed by atoms with Crippen molar-refractivity contribution in [2.75, 3.05) is 18.8 Å². The smallest absolute Gasteiger partial charge is 0.306 e. The fourth-order valence-corrected chi connectivity index (χ4v) is 2.61. The molecule has 0 aromatic carbocycles. The number of likely N-dealkylation sites (tertiary alicyclic amines) is 1. The zero-order chi connectivity index (χ0) is 15.7. The Morgan fingerprint density at radius 2 is 2.14 bits per heavy atom. The second-order valence-electron chi connectivity index (χ2n) is 5.37. The molecule has 0 spiro atoms. The molecule has 0 aliphatic carbocycles. The summed E-state index contributed by atoms with van der Waals surface area (Å²) < 4.78 is 0. The van der Waals surface area contributed by atoms with Crippen LogP contribution < -0.4 is 11.3 Å². The third-order valence-corrected chi connectivity index (χ3v) is 3.81. The molecule has 22 heavy (non-hydrogen) atoms. The average Bonchev–Trinajstić information content (AvgIpc) is 2.48. The number of nitrogens with zero attached hydrogens (tertiary/aromatic N) is 4. The summed E-state index contributed by atoms with van der Waals surface area (Å²) in [6.45, 7) is 1.90. The summed E-state index contributed by atoms with van der Waals surface area (Å²) in [6.07, 6.45) is 2.81. The van der Waals surface area contributed by atoms with Crippen molar-refractivity contribution < 1.29 is 9.90 Å². The van der Waals surface area contributed by atoms with Crippen LogP contribution in [0.1, 0.15) is 18.5 Å². The molecule has 116 valence electrons. The van der Waals surface area contributed by atoms with Gasteiger partial charge in [-0.1, -0.05) is 0 Å². The van der Waals surface area contributed by atoms with Crippen LogP contribution >= 0.6 is 0 Å². The minimum Gasteiger partial charge on any atom is -0.481 e. The van der Waals surface area contributed by atoms with Crippen LogP contribution in [-0.2, 0) is 11.3 Å². The van der Waals surface area contributed by atoms with E-state index in [-0.39, 0.29) is 23.0 Å². The number of nitrogen functional groups attached to an aromatic ring is 1. The molecule has 2 aromatic heterocycles. The largest absolute Gasteiger partial charge is 0.481 e. The lowest BCUT2D eigenvalue weighted by Crippen LogP contribution is -2.36. The zero-order valence-corrected chi connectivity index (χ0v) is 11.8. The van der Waals surface area contributed by atoms with Crippen LogP contribution in [0.2, 0.25) is 0 Å². The molecule has 0 atom stereocenters. The molecular weight excluding hydrogens is 288 g/mol. The van der Waals surface area contributed by atoms with Crippen molar-refractivity contribution in [2.45, 2.75) is 19.4 Å². The number of carboxylic acid groups (broad SMARTS) is 1. The molecule has 1 fully saturated rings. The minimum absolute atomic E-state index is 0.00953. The summed E-state index contributed by atoms with van der Waals surface area (Å²) in [5, 5.41) is 8.99. The Morgan fingerprint density at radius 3 is 2.82 bits per heavy atom. The van der Waals surface area contributed by atoms with Crippen molar-refractivity contribution in [1.82, 2.24) is 24.8 Å². The number of aliphatic carboxylic acids is 1. The number of anilines is 1. The maximum Gasteiger partial charge on any atom is 0.306 e. The van der Waals surface area contributed by atoms with Gasteiger partial charge in [0.25, 0.3) is 5.56 Å². The van der Waals surface area contributed by atoms with Crippen LogP contribution in [0.25, 0.3) is 11.2 Å². The fourth-order valence-electron chi connectivity index (χ4n) is 2.61. The van der Waals surface area contributed by atoms with E-state index in [9.17, 15) is 9.59 Å². The van der Waals surface area contributed by atoms with Crippen LogP contribution in [0.5, 0.6) is 0 Å². The van der Waals surface area contributed by atoms with Gasteiger partial charge in [-0.15, -0.1) is 0 Å². The number of carbonyl (C=O) groups is 1. The van der Waals surface area contributed by atoms with Gasteiger partial charge >= 0.3 is 5.97 Å². The lowest BCUT2D eigenvalue weighted by molar-refractivity contribution is -0.143. The SMILES string of the molecule is Nc1nc2ncc(CN3CCC(C(=O)O)CC3)nc2c(=O)[nH]1. The van der Waals surface area contributed by atoms with Crippen LogP contribution in [0.15, 0.2) is 11.0 Å². The summed E-state index contributed by atoms with van der Waals surface area (Å²) in [6, 6.07) is 0. The van der Waals surface area contributed by atoms with Crippen LogP contribution in [0, 0.1) is 5.92 Å². The van der Waals surface area contributed by atoms with E-state index in [1.807, 2.05) is 0 Å². The van der Waals surface area contributed by atoms with E-state index in [1.165, 1.54) is 0 Å². The van der Waals surface area contributed by atoms with Crippen LogP contribution in [0.4, 0.5) is 5.95 Å². The number of fused-ring (bicyclic) bond motifs is 1. The second-order valence-corrected chi connectivity index (χ2v) is 5.37. The first-order valence-electron chi connectivity index (χ1n) is 6.99. The van der Waals surface area contributed by atoms with E-state index in [1.54, 1.807) is 6.20 Å². The Balaban J connectivity index is 1.75. The van der Waals surface area contributed by atoms with Crippen molar-refractivity contribution in [3.63, 3.8) is 0 Å². The molecule has 3 rings (SSSR count). The number of nitrogens with two attached hydrogens (primary N) is 1. The van der Waals surface area contributed by atoms with E-state index in [2.05, 4.69) is 24.8 Å². The van der Waals surface area contributed by atoms with Crippen molar-refractivity contribution >= 4 is 23.1 Å². The van der Waals surface area contributed by atoms with Crippen LogP contribution in [0.3, 0.4) is 0 Å². The average molecular weight is 304 g/mol. The molecule has 9 heteroatoms. The molecule has 0 saturated carbocycles. The predicted molar refractivity (Wildman–Crippen MR) is 78.0 cm³/mol. The highest BCUT2D eigenvalue weighted by Gasteiger charge is 2.24. The third-order valence-electron chi connectivity index (χ3n) is 3.81. The van der Waals surface area contributed by atoms with Crippen molar-refractivity contribution in [1.29, 1.82) is 0 Å². The standard InChI is InChI=1S/C13H16N6O3/c14-13-17-10-9(11(20)18-13)16-8(5-15-10)6-19-3-1-7(2-4-19)12(21)22/h5,7H,1-4,6H2,(H,21,22)(H3,14,15,17,18,20). The number of rotatable bonds is 3. The van der Waals surface area contributed by atoms with Gasteiger partial charge in [-0.25, -0.2) is 9.97 Å². The summed E-state index contributed by atoms with van der Waals surface area (Å²) in [5.74, 6) is -0.996. The molecule has 0 unspecified atom stereocenters. The molecular formula is C13H16N6O3. The first-order valence-corrected chi connectivity index (χ1v) is 6.99. The molecule has 3 heterocycles. The van der Waals surface area contributed by atoms with Gasteiger partial charge in [0.15, 0.2) is 11.2 Å². The van der Waals surface area contributed by atoms with Crippen LogP contribution in [-0.4, -0.2) is 49.0 Å². The topological polar surface area (TPSA) is 138 Å². The molecule has 0 bridgehead atoms. The fraction of sp³-hybridized carbons (Fsp3) is 0.462. The van der Waals surface area contributed by atoms with E-state index in [0.717, 1.165) is 0 Å². The van der Waals surface area contributed by atoms with Gasteiger partial charge in [-0.2, -0.15) is 4.98 Å². The van der Waals surface area contributed by atoms with Crippen molar-refractivity contribution in [2.24, 2.45) is 5.92 Å². The zero-order valence-electron chi connectivity index (χ0n) is 11.8. The number of hydrogen-bond acceptors (Lipinski definition) is 7. The first-order chi connectivity index (χ1) is 10.5. The monoisotopic (exact) mass is 304 g/mol. The van der Waals surface area contributed by atoms with Gasteiger partial charge in [0.05, 0.1) is 17.8 Å². The summed E-state index contributed by atoms with van der Waals surface area (Å²) in [7, 11) is 0. The van der Waals surface area contributed by atoms with E-state index in [0.29, 0.717) is 38.2 Å². The lowest BCUT2D eigenvalue weighted by atomic mass is 9.97. The normalized spacial score (nSPS) is 16.9. The first kappa shape index (κ1) is 14.4. The highest BCUT2D eigenvalue weighted by atomic mass is 16.4. The number of aromatic nitrogens is 4. The Labute approximate surface area is 125 Å². The van der Waals surface area contributed by atoms with Gasteiger partial charge in [-0.3, -0.25) is 19.5 Å². The number of nitrogens with one attached hydrogen (secondary N) is 1. The highest BCUT2D eigenvalue weighted by molar-refractivity contribution is 5.70. The highest BCUT2D eigenvalue weighted by Crippen LogP contribution is 2.18. The Bertz CT molecular complexity index is 766. The number of hydrogen-bond donors (Lipinski definition) is 3. The minimum atomic E-state index is -0.736. The Morgan fingerprint density at radius 1 is 1.41 bits per heavy atom. The van der Waals surface area contributed by atoms with E-state index in [4.69, 9.17) is 10.8 Å². The maximum absolute atomic E-state index is 11.8. The van der Waals surface area contributed by atoms with Gasteiger partial charge in [0.1, 0.15) is 0 Å². The Hall–Kier alpha value is -2.55. The molecule has 1 aliphatic rings. The number of H-pyrrole nitrogens is 1. The molecule has 0 radical (unpaired) electrons. The third kappa shape index (κ3) is 2.89. The molecule has 1 saturated heterocycles. The molecule has 0 amide bonds. The van der Waals surface area contributed by atoms with Gasteiger partial charge in [0.2, 0.25) is 5.95 Å².